The number of benzene rings is 4. The third kappa shape index (κ3) is 8.07. The number of para-hydroxylation sites is 1. The standard InChI is InChI=1S/C31H26ClN3O3S/c1-21(29(36)33-24-14-6-3-7-15-24)39-26-17-10-16-25(20-26)34-31(38)28(19-23-13-8-9-18-27(23)32)35-30(37)22-11-4-2-5-12-22/h2-21H,1H3,(H,33,36)(H,34,38)(H,35,37)/b28-19+. The van der Waals surface area contributed by atoms with Crippen molar-refractivity contribution in [3.63, 3.8) is 0 Å². The molecule has 3 amide bonds. The second kappa shape index (κ2) is 13.5. The Balaban J connectivity index is 1.49. The van der Waals surface area contributed by atoms with Gasteiger partial charge in [0.1, 0.15) is 5.70 Å². The van der Waals surface area contributed by atoms with Crippen LogP contribution in [0.5, 0.6) is 0 Å². The van der Waals surface area contributed by atoms with Crippen molar-refractivity contribution in [1.82, 2.24) is 5.32 Å². The number of halogens is 1. The van der Waals surface area contributed by atoms with E-state index in [1.807, 2.05) is 43.3 Å². The minimum Gasteiger partial charge on any atom is -0.325 e. The van der Waals surface area contributed by atoms with Crippen LogP contribution < -0.4 is 16.0 Å². The first-order valence-corrected chi connectivity index (χ1v) is 13.4. The minimum absolute atomic E-state index is 0.0330. The number of amides is 3. The molecule has 1 unspecified atom stereocenters. The SMILES string of the molecule is CC(Sc1cccc(NC(=O)/C(=C\c2ccccc2Cl)NC(=O)c2ccccc2)c1)C(=O)Nc1ccccc1. The summed E-state index contributed by atoms with van der Waals surface area (Å²) >= 11 is 7.68. The zero-order valence-corrected chi connectivity index (χ0v) is 22.6. The molecule has 0 spiro atoms. The summed E-state index contributed by atoms with van der Waals surface area (Å²) in [5, 5.41) is 8.51. The summed E-state index contributed by atoms with van der Waals surface area (Å²) in [4.78, 5) is 39.6. The average molecular weight is 556 g/mol. The maximum absolute atomic E-state index is 13.3. The lowest BCUT2D eigenvalue weighted by molar-refractivity contribution is -0.115. The molecule has 0 aliphatic heterocycles. The van der Waals surface area contributed by atoms with Gasteiger partial charge in [0.25, 0.3) is 11.8 Å². The van der Waals surface area contributed by atoms with Crippen molar-refractivity contribution in [3.05, 3.63) is 131 Å². The van der Waals surface area contributed by atoms with Crippen LogP contribution in [0, 0.1) is 0 Å². The summed E-state index contributed by atoms with van der Waals surface area (Å²) in [6.07, 6.45) is 1.53. The van der Waals surface area contributed by atoms with E-state index < -0.39 is 11.8 Å². The lowest BCUT2D eigenvalue weighted by Gasteiger charge is -2.14. The first-order chi connectivity index (χ1) is 18.9. The molecule has 4 aromatic carbocycles. The van der Waals surface area contributed by atoms with Gasteiger partial charge in [-0.1, -0.05) is 72.3 Å². The molecule has 0 saturated heterocycles. The molecule has 8 heteroatoms. The fourth-order valence-corrected chi connectivity index (χ4v) is 4.68. The average Bonchev–Trinajstić information content (AvgIpc) is 2.95. The molecule has 3 N–H and O–H groups in total. The summed E-state index contributed by atoms with van der Waals surface area (Å²) in [7, 11) is 0. The van der Waals surface area contributed by atoms with Crippen LogP contribution in [-0.2, 0) is 9.59 Å². The van der Waals surface area contributed by atoms with Gasteiger partial charge in [-0.3, -0.25) is 14.4 Å². The van der Waals surface area contributed by atoms with Crippen molar-refractivity contribution in [2.45, 2.75) is 17.1 Å². The highest BCUT2D eigenvalue weighted by atomic mass is 35.5. The highest BCUT2D eigenvalue weighted by Gasteiger charge is 2.17. The predicted molar refractivity (Wildman–Crippen MR) is 159 cm³/mol. The van der Waals surface area contributed by atoms with Gasteiger partial charge in [0, 0.05) is 26.9 Å². The van der Waals surface area contributed by atoms with E-state index in [0.717, 1.165) is 10.6 Å². The lowest BCUT2D eigenvalue weighted by atomic mass is 10.1. The van der Waals surface area contributed by atoms with Crippen molar-refractivity contribution in [3.8, 4) is 0 Å². The van der Waals surface area contributed by atoms with Gasteiger partial charge in [-0.25, -0.2) is 0 Å². The third-order valence-corrected chi connectivity index (χ3v) is 6.99. The number of carbonyl (C=O) groups is 3. The number of nitrogens with one attached hydrogen (secondary N) is 3. The highest BCUT2D eigenvalue weighted by Crippen LogP contribution is 2.27. The molecule has 39 heavy (non-hydrogen) atoms. The number of rotatable bonds is 9. The normalized spacial score (nSPS) is 11.8. The Morgan fingerprint density at radius 1 is 0.769 bits per heavy atom. The molecule has 0 heterocycles. The third-order valence-electron chi connectivity index (χ3n) is 5.55. The highest BCUT2D eigenvalue weighted by molar-refractivity contribution is 8.00. The quantitative estimate of drug-likeness (QED) is 0.155. The summed E-state index contributed by atoms with van der Waals surface area (Å²) in [5.74, 6) is -1.07. The van der Waals surface area contributed by atoms with Gasteiger partial charge >= 0.3 is 0 Å². The van der Waals surface area contributed by atoms with Crippen molar-refractivity contribution < 1.29 is 14.4 Å². The number of thioether (sulfide) groups is 1. The topological polar surface area (TPSA) is 87.3 Å². The van der Waals surface area contributed by atoms with Crippen LogP contribution in [0.2, 0.25) is 5.02 Å². The van der Waals surface area contributed by atoms with Gasteiger partial charge in [-0.2, -0.15) is 0 Å². The van der Waals surface area contributed by atoms with Crippen molar-refractivity contribution >= 4 is 58.5 Å². The summed E-state index contributed by atoms with van der Waals surface area (Å²) < 4.78 is 0. The molecule has 0 aliphatic rings. The van der Waals surface area contributed by atoms with Crippen LogP contribution in [-0.4, -0.2) is 23.0 Å². The molecule has 0 radical (unpaired) electrons. The number of hydrogen-bond acceptors (Lipinski definition) is 4. The Kier molecular flexibility index (Phi) is 9.56. The van der Waals surface area contributed by atoms with Crippen LogP contribution in [0.3, 0.4) is 0 Å². The molecule has 0 aliphatic carbocycles. The second-order valence-corrected chi connectivity index (χ2v) is 10.3. The van der Waals surface area contributed by atoms with Gasteiger partial charge in [0.15, 0.2) is 0 Å². The van der Waals surface area contributed by atoms with Gasteiger partial charge in [-0.05, 0) is 67.1 Å². The Morgan fingerprint density at radius 2 is 1.41 bits per heavy atom. The van der Waals surface area contributed by atoms with Crippen molar-refractivity contribution in [2.75, 3.05) is 10.6 Å². The van der Waals surface area contributed by atoms with Crippen LogP contribution >= 0.6 is 23.4 Å². The van der Waals surface area contributed by atoms with E-state index in [-0.39, 0.29) is 16.9 Å². The van der Waals surface area contributed by atoms with E-state index in [1.165, 1.54) is 17.8 Å². The van der Waals surface area contributed by atoms with Crippen LogP contribution in [0.25, 0.3) is 6.08 Å². The zero-order chi connectivity index (χ0) is 27.6. The maximum Gasteiger partial charge on any atom is 0.272 e. The molecule has 196 valence electrons. The monoisotopic (exact) mass is 555 g/mol. The van der Waals surface area contributed by atoms with Gasteiger partial charge < -0.3 is 16.0 Å². The van der Waals surface area contributed by atoms with E-state index in [1.54, 1.807) is 72.8 Å². The fourth-order valence-electron chi connectivity index (χ4n) is 3.56. The Bertz CT molecular complexity index is 1490. The molecule has 6 nitrogen and oxygen atoms in total. The molecule has 0 saturated carbocycles. The molecular formula is C31H26ClN3O3S. The van der Waals surface area contributed by atoms with Crippen molar-refractivity contribution in [2.24, 2.45) is 0 Å². The predicted octanol–water partition coefficient (Wildman–Crippen LogP) is 6.87. The van der Waals surface area contributed by atoms with E-state index in [9.17, 15) is 14.4 Å². The van der Waals surface area contributed by atoms with Gasteiger partial charge in [0.05, 0.1) is 5.25 Å². The minimum atomic E-state index is -0.517. The van der Waals surface area contributed by atoms with Gasteiger partial charge in [-0.15, -0.1) is 11.8 Å². The van der Waals surface area contributed by atoms with E-state index in [0.29, 0.717) is 21.8 Å². The fraction of sp³-hybridized carbons (Fsp3) is 0.0645. The first kappa shape index (κ1) is 27.7. The van der Waals surface area contributed by atoms with Crippen molar-refractivity contribution in [1.29, 1.82) is 0 Å². The molecule has 1 atom stereocenters. The molecule has 4 rings (SSSR count). The number of anilines is 2. The van der Waals surface area contributed by atoms with E-state index >= 15 is 0 Å². The smallest absolute Gasteiger partial charge is 0.272 e. The Hall–Kier alpha value is -4.33. The Morgan fingerprint density at radius 3 is 2.13 bits per heavy atom. The summed E-state index contributed by atoms with van der Waals surface area (Å²) in [5.41, 5.74) is 2.27. The largest absolute Gasteiger partial charge is 0.325 e. The van der Waals surface area contributed by atoms with E-state index in [4.69, 9.17) is 11.6 Å². The van der Waals surface area contributed by atoms with Crippen LogP contribution in [0.4, 0.5) is 11.4 Å². The molecule has 0 bridgehead atoms. The maximum atomic E-state index is 13.3. The summed E-state index contributed by atoms with van der Waals surface area (Å²) in [6.45, 7) is 1.82. The molecule has 0 fully saturated rings. The number of hydrogen-bond donors (Lipinski definition) is 3. The Labute approximate surface area is 236 Å². The lowest BCUT2D eigenvalue weighted by Crippen LogP contribution is -2.30. The molecular weight excluding hydrogens is 530 g/mol. The van der Waals surface area contributed by atoms with E-state index in [2.05, 4.69) is 16.0 Å². The second-order valence-electron chi connectivity index (χ2n) is 8.50. The van der Waals surface area contributed by atoms with Crippen LogP contribution in [0.15, 0.2) is 120 Å². The zero-order valence-electron chi connectivity index (χ0n) is 21.1. The van der Waals surface area contributed by atoms with Gasteiger partial charge in [0.2, 0.25) is 5.91 Å². The number of carbonyl (C=O) groups excluding carboxylic acids is 3. The van der Waals surface area contributed by atoms with Crippen LogP contribution in [0.1, 0.15) is 22.8 Å². The molecule has 0 aromatic heterocycles. The first-order valence-electron chi connectivity index (χ1n) is 12.2. The summed E-state index contributed by atoms with van der Waals surface area (Å²) in [6, 6.07) is 32.1. The molecule has 4 aromatic rings.